The van der Waals surface area contributed by atoms with Gasteiger partial charge in [-0.3, -0.25) is 0 Å². The lowest BCUT2D eigenvalue weighted by molar-refractivity contribution is 0.233. The van der Waals surface area contributed by atoms with Crippen LogP contribution >= 0.6 is 11.8 Å². The summed E-state index contributed by atoms with van der Waals surface area (Å²) in [5, 5.41) is 2.57. The summed E-state index contributed by atoms with van der Waals surface area (Å²) < 4.78 is 5.66. The molecule has 0 amide bonds. The molecule has 15 heavy (non-hydrogen) atoms. The Kier molecular flexibility index (Phi) is 2.67. The first-order valence-corrected chi connectivity index (χ1v) is 5.85. The number of hydrogen-bond donors (Lipinski definition) is 0. The van der Waals surface area contributed by atoms with Crippen LogP contribution in [0.15, 0.2) is 23.1 Å². The molecular weight excluding hydrogens is 204 g/mol. The Morgan fingerprint density at radius 1 is 1.47 bits per heavy atom. The van der Waals surface area contributed by atoms with Crippen LogP contribution in [0, 0.1) is 11.7 Å². The lowest BCUT2D eigenvalue weighted by Gasteiger charge is -2.32. The second kappa shape index (κ2) is 3.83. The molecule has 0 aromatic heterocycles. The van der Waals surface area contributed by atoms with Crippen molar-refractivity contribution in [1.29, 1.82) is 0 Å². The molecule has 2 rings (SSSR count). The van der Waals surface area contributed by atoms with Gasteiger partial charge >= 0.3 is 0 Å². The normalized spacial score (nSPS) is 17.4. The third-order valence-corrected chi connectivity index (χ3v) is 3.45. The molecule has 1 heterocycles. The highest BCUT2D eigenvalue weighted by molar-refractivity contribution is 8.03. The molecule has 1 aliphatic rings. The number of rotatable bonds is 1. The van der Waals surface area contributed by atoms with Gasteiger partial charge < -0.3 is 4.74 Å². The van der Waals surface area contributed by atoms with Gasteiger partial charge in [0.25, 0.3) is 0 Å². The molecule has 0 unspecified atom stereocenters. The molecule has 0 atom stereocenters. The molecule has 1 aromatic carbocycles. The van der Waals surface area contributed by atoms with Crippen molar-refractivity contribution in [2.24, 2.45) is 0 Å². The molecule has 1 aromatic rings. The average Bonchev–Trinajstić information content (AvgIpc) is 2.17. The second-order valence-corrected chi connectivity index (χ2v) is 5.27. The Labute approximate surface area is 95.2 Å². The van der Waals surface area contributed by atoms with Gasteiger partial charge in [0.05, 0.1) is 6.61 Å². The third-order valence-electron chi connectivity index (χ3n) is 2.84. The lowest BCUT2D eigenvalue weighted by Crippen LogP contribution is -2.26. The third kappa shape index (κ3) is 1.98. The van der Waals surface area contributed by atoms with Crippen LogP contribution in [0.1, 0.15) is 25.8 Å². The van der Waals surface area contributed by atoms with Crippen molar-refractivity contribution in [1.82, 2.24) is 0 Å². The minimum Gasteiger partial charge on any atom is -0.493 e. The van der Waals surface area contributed by atoms with Gasteiger partial charge in [-0.15, -0.1) is 6.42 Å². The summed E-state index contributed by atoms with van der Waals surface area (Å²) >= 11 is 1.40. The highest BCUT2D eigenvalue weighted by Crippen LogP contribution is 2.39. The smallest absolute Gasteiger partial charge is 0.124 e. The van der Waals surface area contributed by atoms with Crippen LogP contribution in [0.4, 0.5) is 0 Å². The van der Waals surface area contributed by atoms with E-state index in [9.17, 15) is 0 Å². The highest BCUT2D eigenvalue weighted by atomic mass is 32.2. The largest absolute Gasteiger partial charge is 0.493 e. The molecule has 0 saturated carbocycles. The molecule has 78 valence electrons. The van der Waals surface area contributed by atoms with E-state index in [2.05, 4.69) is 31.2 Å². The summed E-state index contributed by atoms with van der Waals surface area (Å²) in [5.74, 6) is 0.992. The van der Waals surface area contributed by atoms with E-state index in [1.807, 2.05) is 6.07 Å². The van der Waals surface area contributed by atoms with E-state index >= 15 is 0 Å². The maximum atomic E-state index is 5.66. The number of terminal acetylenes is 1. The standard InChI is InChI=1S/C13H14OS/c1-4-15-10-5-6-11-12(9-10)14-8-7-13(11,2)3/h1,5-6,9H,7-8H2,2-3H3. The van der Waals surface area contributed by atoms with Gasteiger partial charge in [-0.2, -0.15) is 0 Å². The lowest BCUT2D eigenvalue weighted by atomic mass is 9.80. The van der Waals surface area contributed by atoms with E-state index in [-0.39, 0.29) is 5.41 Å². The summed E-state index contributed by atoms with van der Waals surface area (Å²) in [4.78, 5) is 1.08. The van der Waals surface area contributed by atoms with E-state index < -0.39 is 0 Å². The van der Waals surface area contributed by atoms with Crippen molar-refractivity contribution in [2.45, 2.75) is 30.6 Å². The van der Waals surface area contributed by atoms with Crippen molar-refractivity contribution >= 4 is 11.8 Å². The van der Waals surface area contributed by atoms with Gasteiger partial charge in [-0.05, 0) is 46.5 Å². The van der Waals surface area contributed by atoms with Crippen molar-refractivity contribution in [3.8, 4) is 17.4 Å². The van der Waals surface area contributed by atoms with Crippen LogP contribution in [0.5, 0.6) is 5.75 Å². The van der Waals surface area contributed by atoms with Crippen LogP contribution < -0.4 is 4.74 Å². The van der Waals surface area contributed by atoms with E-state index in [0.717, 1.165) is 23.7 Å². The summed E-state index contributed by atoms with van der Waals surface area (Å²) in [7, 11) is 0. The Morgan fingerprint density at radius 2 is 2.27 bits per heavy atom. The number of fused-ring (bicyclic) bond motifs is 1. The predicted octanol–water partition coefficient (Wildman–Crippen LogP) is 3.43. The van der Waals surface area contributed by atoms with E-state index in [1.165, 1.54) is 17.3 Å². The number of ether oxygens (including phenoxy) is 1. The Hall–Kier alpha value is -1.07. The summed E-state index contributed by atoms with van der Waals surface area (Å²) in [6.07, 6.45) is 6.33. The fourth-order valence-electron chi connectivity index (χ4n) is 1.86. The Bertz CT molecular complexity index is 415. The first kappa shape index (κ1) is 10.4. The molecule has 0 radical (unpaired) electrons. The van der Waals surface area contributed by atoms with Crippen molar-refractivity contribution in [2.75, 3.05) is 6.61 Å². The topological polar surface area (TPSA) is 9.23 Å². The minimum absolute atomic E-state index is 0.215. The van der Waals surface area contributed by atoms with Gasteiger partial charge in [0.2, 0.25) is 0 Å². The maximum absolute atomic E-state index is 5.66. The summed E-state index contributed by atoms with van der Waals surface area (Å²) in [5.41, 5.74) is 1.50. The number of hydrogen-bond acceptors (Lipinski definition) is 2. The number of thioether (sulfide) groups is 1. The van der Waals surface area contributed by atoms with Crippen molar-refractivity contribution in [3.05, 3.63) is 23.8 Å². The zero-order valence-corrected chi connectivity index (χ0v) is 9.86. The van der Waals surface area contributed by atoms with Crippen molar-refractivity contribution < 1.29 is 4.74 Å². The summed E-state index contributed by atoms with van der Waals surface area (Å²) in [6.45, 7) is 5.30. The van der Waals surface area contributed by atoms with E-state index in [0.29, 0.717) is 0 Å². The molecular formula is C13H14OS. The van der Waals surface area contributed by atoms with Crippen LogP contribution in [-0.2, 0) is 5.41 Å². The van der Waals surface area contributed by atoms with Gasteiger partial charge in [-0.1, -0.05) is 19.9 Å². The Balaban J connectivity index is 2.42. The molecule has 0 N–H and O–H groups in total. The molecule has 0 saturated heterocycles. The minimum atomic E-state index is 0.215. The first-order chi connectivity index (χ1) is 7.13. The fourth-order valence-corrected chi connectivity index (χ4v) is 2.30. The van der Waals surface area contributed by atoms with E-state index in [1.54, 1.807) is 0 Å². The first-order valence-electron chi connectivity index (χ1n) is 5.03. The average molecular weight is 218 g/mol. The zero-order chi connectivity index (χ0) is 10.9. The molecule has 0 aliphatic carbocycles. The van der Waals surface area contributed by atoms with Gasteiger partial charge in [-0.25, -0.2) is 0 Å². The maximum Gasteiger partial charge on any atom is 0.124 e. The second-order valence-electron chi connectivity index (χ2n) is 4.36. The van der Waals surface area contributed by atoms with Crippen molar-refractivity contribution in [3.63, 3.8) is 0 Å². The summed E-state index contributed by atoms with van der Waals surface area (Å²) in [6, 6.07) is 6.24. The Morgan fingerprint density at radius 3 is 3.00 bits per heavy atom. The van der Waals surface area contributed by atoms with Crippen LogP contribution in [0.25, 0.3) is 0 Å². The molecule has 0 fully saturated rings. The monoisotopic (exact) mass is 218 g/mol. The predicted molar refractivity (Wildman–Crippen MR) is 64.3 cm³/mol. The number of benzene rings is 1. The zero-order valence-electron chi connectivity index (χ0n) is 9.04. The van der Waals surface area contributed by atoms with Crippen LogP contribution in [-0.4, -0.2) is 6.61 Å². The van der Waals surface area contributed by atoms with E-state index in [4.69, 9.17) is 11.2 Å². The molecule has 2 heteroatoms. The highest BCUT2D eigenvalue weighted by Gasteiger charge is 2.28. The SMILES string of the molecule is C#CSc1ccc2c(c1)OCCC2(C)C. The molecule has 0 bridgehead atoms. The molecule has 0 spiro atoms. The molecule has 1 nitrogen and oxygen atoms in total. The van der Waals surface area contributed by atoms with Gasteiger partial charge in [0, 0.05) is 4.90 Å². The fraction of sp³-hybridized carbons (Fsp3) is 0.385. The quantitative estimate of drug-likeness (QED) is 0.527. The van der Waals surface area contributed by atoms with Gasteiger partial charge in [0.1, 0.15) is 5.75 Å². The van der Waals surface area contributed by atoms with Crippen LogP contribution in [0.2, 0.25) is 0 Å². The molecule has 1 aliphatic heterocycles. The van der Waals surface area contributed by atoms with Gasteiger partial charge in [0.15, 0.2) is 0 Å². The van der Waals surface area contributed by atoms with Crippen LogP contribution in [0.3, 0.4) is 0 Å².